The third-order valence-corrected chi connectivity index (χ3v) is 18.5. The Morgan fingerprint density at radius 3 is 1.14 bits per heavy atom. The summed E-state index contributed by atoms with van der Waals surface area (Å²) in [6.45, 7) is 0. The molecule has 0 aromatic heterocycles. The van der Waals surface area contributed by atoms with Crippen LogP contribution in [0.25, 0.3) is 131 Å². The maximum atomic E-state index is 2.52. The Hall–Kier alpha value is -7.88. The lowest BCUT2D eigenvalue weighted by atomic mass is 9.77. The highest BCUT2D eigenvalue weighted by Gasteiger charge is 2.30. The largest absolute Gasteiger partial charge is 0.0887 e. The second kappa shape index (κ2) is 15.8. The second-order valence-corrected chi connectivity index (χ2v) is 22.1. The molecule has 72 heavy (non-hydrogen) atoms. The molecule has 0 N–H and O–H groups in total. The third-order valence-electron chi connectivity index (χ3n) is 16.2. The zero-order valence-electron chi connectivity index (χ0n) is 39.4. The molecule has 0 saturated carbocycles. The van der Waals surface area contributed by atoms with Crippen molar-refractivity contribution >= 4 is 88.2 Å². The average molecular weight is 949 g/mol. The van der Waals surface area contributed by atoms with Gasteiger partial charge in [0, 0.05) is 30.4 Å². The van der Waals surface area contributed by atoms with E-state index in [1.165, 1.54) is 164 Å². The summed E-state index contributed by atoms with van der Waals surface area (Å²) < 4.78 is 0. The molecule has 0 spiro atoms. The van der Waals surface area contributed by atoms with Gasteiger partial charge in [0.2, 0.25) is 0 Å². The lowest BCUT2D eigenvalue weighted by Gasteiger charge is -2.29. The summed E-state index contributed by atoms with van der Waals surface area (Å²) in [4.78, 5) is 5.33. The van der Waals surface area contributed by atoms with E-state index in [0.717, 1.165) is 12.8 Å². The van der Waals surface area contributed by atoms with Crippen LogP contribution in [0.4, 0.5) is 0 Å². The minimum absolute atomic E-state index is 1.11. The van der Waals surface area contributed by atoms with Gasteiger partial charge in [0.1, 0.15) is 0 Å². The summed E-state index contributed by atoms with van der Waals surface area (Å²) in [6.07, 6.45) is 4.67. The quantitative estimate of drug-likeness (QED) is 0.161. The van der Waals surface area contributed by atoms with Crippen molar-refractivity contribution in [2.75, 3.05) is 0 Å². The predicted molar refractivity (Wildman–Crippen MR) is 309 cm³/mol. The van der Waals surface area contributed by atoms with Gasteiger partial charge < -0.3 is 0 Å². The summed E-state index contributed by atoms with van der Waals surface area (Å²) in [6, 6.07) is 82.9. The molecule has 2 heteroatoms. The van der Waals surface area contributed by atoms with Crippen molar-refractivity contribution in [3.63, 3.8) is 0 Å². The molecule has 0 saturated heterocycles. The number of benzene rings is 13. The zero-order chi connectivity index (χ0) is 47.0. The van der Waals surface area contributed by atoms with Gasteiger partial charge >= 0.3 is 0 Å². The number of fused-ring (bicyclic) bond motifs is 10. The summed E-state index contributed by atoms with van der Waals surface area (Å²) >= 11 is 3.89. The lowest BCUT2D eigenvalue weighted by Crippen LogP contribution is -2.08. The molecule has 0 bridgehead atoms. The van der Waals surface area contributed by atoms with E-state index in [4.69, 9.17) is 0 Å². The Morgan fingerprint density at radius 2 is 0.625 bits per heavy atom. The summed E-state index contributed by atoms with van der Waals surface area (Å²) in [7, 11) is 0. The highest BCUT2D eigenvalue weighted by Crippen LogP contribution is 2.58. The molecule has 13 aromatic carbocycles. The Balaban J connectivity index is 0.820. The fraction of sp³-hybridized carbons (Fsp3) is 0.0571. The van der Waals surface area contributed by atoms with E-state index in [2.05, 4.69) is 218 Å². The van der Waals surface area contributed by atoms with Crippen LogP contribution in [0.5, 0.6) is 0 Å². The molecule has 2 heterocycles. The van der Waals surface area contributed by atoms with Gasteiger partial charge in [-0.15, -0.1) is 0 Å². The first kappa shape index (κ1) is 40.8. The standard InChI is InChI=1S/C70H44S2/c1-3-19-45-41(15-1)17-13-29-49(45)67-55-25-9-5-21-51(55)65(52-22-6-10-26-56(52)67)43-31-33-47-59-35-36-60-48-34-32-44(40-64(48)72-62-38-37-61(69(59)70(60)62)71-63(47)39-43)66-53-23-7-11-27-57(53)68(58-28-12-8-24-54(58)66)50-30-14-18-42-16-2-4-20-46(42)50/h1-7,9-11,13-23,25-27,29-40H,8,12,24,28H2. The highest BCUT2D eigenvalue weighted by molar-refractivity contribution is 8.00. The fourth-order valence-electron chi connectivity index (χ4n) is 13.2. The molecule has 0 unspecified atom stereocenters. The van der Waals surface area contributed by atoms with Gasteiger partial charge in [-0.1, -0.05) is 218 Å². The maximum absolute atomic E-state index is 2.52. The van der Waals surface area contributed by atoms with E-state index in [1.54, 1.807) is 11.1 Å². The smallest absolute Gasteiger partial charge is 0.0208 e. The van der Waals surface area contributed by atoms with Gasteiger partial charge in [-0.25, -0.2) is 0 Å². The van der Waals surface area contributed by atoms with E-state index in [0.29, 0.717) is 0 Å². The predicted octanol–water partition coefficient (Wildman–Crippen LogP) is 20.4. The Labute approximate surface area is 427 Å². The molecule has 336 valence electrons. The molecule has 0 atom stereocenters. The van der Waals surface area contributed by atoms with Gasteiger partial charge in [0.05, 0.1) is 0 Å². The van der Waals surface area contributed by atoms with Gasteiger partial charge in [-0.3, -0.25) is 0 Å². The normalized spacial score (nSPS) is 13.5. The minimum atomic E-state index is 1.11. The van der Waals surface area contributed by atoms with Crippen molar-refractivity contribution in [1.29, 1.82) is 0 Å². The van der Waals surface area contributed by atoms with Crippen LogP contribution >= 0.6 is 23.5 Å². The molecule has 0 nitrogen and oxygen atoms in total. The minimum Gasteiger partial charge on any atom is -0.0887 e. The number of hydrogen-bond acceptors (Lipinski definition) is 2. The Morgan fingerprint density at radius 1 is 0.250 bits per heavy atom. The fourth-order valence-corrected chi connectivity index (χ4v) is 15.5. The molecular weight excluding hydrogens is 905 g/mol. The van der Waals surface area contributed by atoms with Gasteiger partial charge in [-0.05, 0) is 182 Å². The van der Waals surface area contributed by atoms with E-state index >= 15 is 0 Å². The third kappa shape index (κ3) is 5.91. The summed E-state index contributed by atoms with van der Waals surface area (Å²) in [5.74, 6) is 0. The van der Waals surface area contributed by atoms with Crippen LogP contribution in [0.2, 0.25) is 0 Å². The molecule has 0 fully saturated rings. The molecule has 16 rings (SSSR count). The average Bonchev–Trinajstić information content (AvgIpc) is 3.44. The maximum Gasteiger partial charge on any atom is 0.0208 e. The van der Waals surface area contributed by atoms with Crippen LogP contribution in [-0.2, 0) is 12.8 Å². The number of rotatable bonds is 4. The Kier molecular flexibility index (Phi) is 8.96. The topological polar surface area (TPSA) is 0 Å². The summed E-state index contributed by atoms with van der Waals surface area (Å²) in [5.41, 5.74) is 19.1. The van der Waals surface area contributed by atoms with Crippen LogP contribution in [0.15, 0.2) is 238 Å². The first-order chi connectivity index (χ1) is 35.7. The van der Waals surface area contributed by atoms with Crippen LogP contribution in [0.1, 0.15) is 24.0 Å². The van der Waals surface area contributed by atoms with Crippen LogP contribution in [-0.4, -0.2) is 0 Å². The van der Waals surface area contributed by atoms with Crippen LogP contribution in [0, 0.1) is 0 Å². The van der Waals surface area contributed by atoms with Crippen LogP contribution < -0.4 is 0 Å². The van der Waals surface area contributed by atoms with Gasteiger partial charge in [0.25, 0.3) is 0 Å². The first-order valence-electron chi connectivity index (χ1n) is 25.4. The van der Waals surface area contributed by atoms with Gasteiger partial charge in [-0.2, -0.15) is 0 Å². The highest BCUT2D eigenvalue weighted by atomic mass is 32.2. The van der Waals surface area contributed by atoms with E-state index < -0.39 is 0 Å². The second-order valence-electron chi connectivity index (χ2n) is 20.0. The molecule has 1 aliphatic carbocycles. The van der Waals surface area contributed by atoms with Crippen molar-refractivity contribution < 1.29 is 0 Å². The van der Waals surface area contributed by atoms with Crippen molar-refractivity contribution in [3.05, 3.63) is 230 Å². The van der Waals surface area contributed by atoms with E-state index in [1.807, 2.05) is 23.5 Å². The Bertz CT molecular complexity index is 4450. The zero-order valence-corrected chi connectivity index (χ0v) is 41.1. The van der Waals surface area contributed by atoms with Crippen molar-refractivity contribution in [3.8, 4) is 66.8 Å². The molecule has 2 aliphatic heterocycles. The summed E-state index contributed by atoms with van der Waals surface area (Å²) in [5, 5.41) is 15.8. The first-order valence-corrected chi connectivity index (χ1v) is 27.1. The van der Waals surface area contributed by atoms with E-state index in [-0.39, 0.29) is 0 Å². The lowest BCUT2D eigenvalue weighted by molar-refractivity contribution is 0.689. The molecule has 0 amide bonds. The van der Waals surface area contributed by atoms with Crippen LogP contribution in [0.3, 0.4) is 0 Å². The van der Waals surface area contributed by atoms with Crippen molar-refractivity contribution in [1.82, 2.24) is 0 Å². The monoisotopic (exact) mass is 948 g/mol. The van der Waals surface area contributed by atoms with E-state index in [9.17, 15) is 0 Å². The molecule has 13 aromatic rings. The SMILES string of the molecule is c1ccc2c(-c3c4c(c(-c5ccc6c(c5)Sc5ccc7c8c(ccc-6c58)-c5ccc(-c6c8ccccc8c(-c8cccc9ccccc89)c8ccccc68)cc5S7)c5ccccc35)CCCC4)cccc2c1. The van der Waals surface area contributed by atoms with Crippen molar-refractivity contribution in [2.45, 2.75) is 45.3 Å². The van der Waals surface area contributed by atoms with Crippen molar-refractivity contribution in [2.24, 2.45) is 0 Å². The molecule has 3 aliphatic rings. The molecular formula is C70H44S2. The van der Waals surface area contributed by atoms with Gasteiger partial charge in [0.15, 0.2) is 0 Å². The number of hydrogen-bond donors (Lipinski definition) is 0. The molecule has 0 radical (unpaired) electrons.